The Bertz CT molecular complexity index is 2390. The summed E-state index contributed by atoms with van der Waals surface area (Å²) in [6.07, 6.45) is 6.35. The fraction of sp³-hybridized carbons (Fsp3) is 0.244. The Labute approximate surface area is 321 Å². The van der Waals surface area contributed by atoms with Crippen molar-refractivity contribution >= 4 is 39.6 Å². The molecule has 255 valence electrons. The smallest absolute Gasteiger partial charge is 0 e. The van der Waals surface area contributed by atoms with E-state index in [0.29, 0.717) is 35.3 Å². The van der Waals surface area contributed by atoms with Crippen molar-refractivity contribution in [3.8, 4) is 33.6 Å². The zero-order valence-electron chi connectivity index (χ0n) is 34.6. The summed E-state index contributed by atoms with van der Waals surface area (Å²) < 4.78 is 58.8. The van der Waals surface area contributed by atoms with Gasteiger partial charge in [-0.1, -0.05) is 86.0 Å². The number of aromatic nitrogens is 2. The minimum absolute atomic E-state index is 0. The van der Waals surface area contributed by atoms with Crippen LogP contribution in [0.5, 0.6) is 0 Å². The van der Waals surface area contributed by atoms with E-state index in [0.717, 1.165) is 46.0 Å². The third kappa shape index (κ3) is 7.59. The molecular weight excluding hydrogens is 849 g/mol. The largest absolute Gasteiger partial charge is 0 e. The minimum Gasteiger partial charge on any atom is 0 e. The van der Waals surface area contributed by atoms with Gasteiger partial charge in [0.15, 0.2) is 0 Å². The van der Waals surface area contributed by atoms with Gasteiger partial charge >= 0.3 is 99.8 Å². The van der Waals surface area contributed by atoms with Crippen molar-refractivity contribution in [2.75, 3.05) is 0 Å². The van der Waals surface area contributed by atoms with E-state index in [-0.39, 0.29) is 25.7 Å². The molecule has 0 bridgehead atoms. The molecule has 0 amide bonds. The molecule has 0 spiro atoms. The molecule has 0 aliphatic heterocycles. The number of hydrogen-bond acceptors (Lipinski definition) is 3. The summed E-state index contributed by atoms with van der Waals surface area (Å²) in [6, 6.07) is 41.8. The molecule has 5 heteroatoms. The van der Waals surface area contributed by atoms with Gasteiger partial charge in [-0.15, -0.1) is 18.2 Å². The number of nitrogens with zero attached hydrogens (tertiary/aromatic N) is 2. The molecule has 1 radical (unpaired) electrons. The van der Waals surface area contributed by atoms with Gasteiger partial charge < -0.3 is 9.40 Å². The first-order valence-corrected chi connectivity index (χ1v) is 24.4. The Balaban J connectivity index is 0.000000263. The van der Waals surface area contributed by atoms with Crippen molar-refractivity contribution < 1.29 is 32.7 Å². The monoisotopic (exact) mass is 901 g/mol. The Hall–Kier alpha value is -3.83. The number of fused-ring (bicyclic) bond motifs is 3. The van der Waals surface area contributed by atoms with Crippen molar-refractivity contribution in [2.24, 2.45) is 5.92 Å². The third-order valence-electron chi connectivity index (χ3n) is 9.59. The van der Waals surface area contributed by atoms with Gasteiger partial charge in [-0.25, -0.2) is 0 Å². The molecule has 7 aromatic rings. The molecule has 3 heterocycles. The predicted octanol–water partition coefficient (Wildman–Crippen LogP) is 11.7. The summed E-state index contributed by atoms with van der Waals surface area (Å²) in [5.41, 5.74) is 4.78. The fourth-order valence-electron chi connectivity index (χ4n) is 6.70. The van der Waals surface area contributed by atoms with E-state index in [9.17, 15) is 0 Å². The van der Waals surface area contributed by atoms with Gasteiger partial charge in [-0.2, -0.15) is 0 Å². The Morgan fingerprint density at radius 1 is 0.760 bits per heavy atom. The van der Waals surface area contributed by atoms with E-state index in [1.165, 1.54) is 10.6 Å². The Morgan fingerprint density at radius 2 is 1.56 bits per heavy atom. The first-order chi connectivity index (χ1) is 26.2. The van der Waals surface area contributed by atoms with E-state index in [1.54, 1.807) is 18.2 Å². The molecule has 3 nitrogen and oxygen atoms in total. The average molecular weight is 900 g/mol. The summed E-state index contributed by atoms with van der Waals surface area (Å²) in [4.78, 5) is 9.07. The van der Waals surface area contributed by atoms with Crippen molar-refractivity contribution in [1.29, 1.82) is 0 Å². The number of furan rings is 1. The molecule has 8 rings (SSSR count). The van der Waals surface area contributed by atoms with Gasteiger partial charge in [0.05, 0.1) is 5.58 Å². The molecule has 0 unspecified atom stereocenters. The van der Waals surface area contributed by atoms with E-state index in [1.807, 2.05) is 79.0 Å². The first kappa shape index (κ1) is 28.8. The van der Waals surface area contributed by atoms with Crippen molar-refractivity contribution in [1.82, 2.24) is 9.97 Å². The second-order valence-corrected chi connectivity index (χ2v) is 24.6. The van der Waals surface area contributed by atoms with Crippen LogP contribution in [0.15, 0.2) is 126 Å². The van der Waals surface area contributed by atoms with Crippen molar-refractivity contribution in [3.05, 3.63) is 139 Å². The standard InChI is InChI=1S/C31H28NO.C14H16GeN.Ir/c1-31(2,23-11-6-7-12-23)24-17-18-32-28(20-24)27-14-8-13-26-25-16-15-22(19-29(25)33-30(26)27)21-9-4-3-5-10-21;1-15(2,3)13-9-10-14(16-11-13)12-7-5-4-6-8-12;/h3-5,8-10,13,15-20,23H,6-7,11-12H2,1-2H3;4-7,9-11H,1-3H3;/q2*-1;/i1D3,2D3;;. The molecule has 1 aliphatic carbocycles. The summed E-state index contributed by atoms with van der Waals surface area (Å²) in [6.45, 7) is -5.45. The fourth-order valence-corrected chi connectivity index (χ4v) is 8.87. The van der Waals surface area contributed by atoms with Crippen LogP contribution in [-0.4, -0.2) is 23.2 Å². The second-order valence-electron chi connectivity index (χ2n) is 14.0. The normalized spacial score (nSPS) is 15.8. The molecule has 50 heavy (non-hydrogen) atoms. The van der Waals surface area contributed by atoms with Crippen LogP contribution in [0.2, 0.25) is 17.3 Å². The maximum atomic E-state index is 8.49. The maximum Gasteiger partial charge on any atom is 0 e. The molecule has 4 aromatic carbocycles. The van der Waals surface area contributed by atoms with Gasteiger partial charge in [0.25, 0.3) is 0 Å². The second kappa shape index (κ2) is 15.2. The van der Waals surface area contributed by atoms with Gasteiger partial charge in [0, 0.05) is 39.9 Å². The molecule has 1 fully saturated rings. The number of pyridine rings is 2. The van der Waals surface area contributed by atoms with Crippen LogP contribution in [0.25, 0.3) is 55.6 Å². The predicted molar refractivity (Wildman–Crippen MR) is 208 cm³/mol. The number of hydrogen-bond donors (Lipinski definition) is 0. The Kier molecular flexibility index (Phi) is 8.76. The van der Waals surface area contributed by atoms with Gasteiger partial charge in [-0.05, 0) is 58.7 Å². The third-order valence-corrected chi connectivity index (χ3v) is 13.8. The number of rotatable bonds is 6. The van der Waals surface area contributed by atoms with Crippen LogP contribution >= 0.6 is 0 Å². The molecule has 0 saturated heterocycles. The Morgan fingerprint density at radius 3 is 2.26 bits per heavy atom. The van der Waals surface area contributed by atoms with E-state index in [2.05, 4.69) is 57.6 Å². The van der Waals surface area contributed by atoms with Crippen LogP contribution in [0.3, 0.4) is 0 Å². The molecular formula is C45H44GeIrN2O-2. The maximum absolute atomic E-state index is 8.49. The van der Waals surface area contributed by atoms with Gasteiger partial charge in [0.1, 0.15) is 5.58 Å². The molecule has 0 N–H and O–H groups in total. The van der Waals surface area contributed by atoms with Crippen LogP contribution in [0.4, 0.5) is 0 Å². The van der Waals surface area contributed by atoms with Crippen LogP contribution in [0, 0.1) is 18.1 Å². The van der Waals surface area contributed by atoms with Gasteiger partial charge in [0.2, 0.25) is 0 Å². The van der Waals surface area contributed by atoms with Crippen molar-refractivity contribution in [2.45, 2.75) is 62.1 Å². The van der Waals surface area contributed by atoms with Crippen LogP contribution < -0.4 is 4.40 Å². The molecule has 1 aliphatic rings. The number of benzene rings is 4. The molecule has 0 atom stereocenters. The van der Waals surface area contributed by atoms with E-state index in [4.69, 9.17) is 12.6 Å². The average Bonchev–Trinajstić information content (AvgIpc) is 3.83. The van der Waals surface area contributed by atoms with Crippen molar-refractivity contribution in [3.63, 3.8) is 0 Å². The zero-order valence-corrected chi connectivity index (χ0v) is 33.1. The summed E-state index contributed by atoms with van der Waals surface area (Å²) in [5, 5.41) is 1.83. The summed E-state index contributed by atoms with van der Waals surface area (Å²) >= 11 is -1.72. The van der Waals surface area contributed by atoms with Crippen LogP contribution in [-0.2, 0) is 25.5 Å². The first-order valence-electron chi connectivity index (χ1n) is 20.0. The van der Waals surface area contributed by atoms with E-state index < -0.39 is 38.3 Å². The SMILES string of the molecule is [2H]C([2H])([2H])C(c1ccnc(-c2[c-]ccc3c2oc2cc(-c4ccccc4)ccc23)c1)(C1CCCC1)C([2H])([2H])[2H].[CH3][Ge]([CH3])([CH3])[c]1ccc(-c2[c-]cccc2)nc1.[Ir]. The molecule has 1 saturated carbocycles. The van der Waals surface area contributed by atoms with Crippen LogP contribution in [0.1, 0.15) is 53.2 Å². The minimum atomic E-state index is -2.73. The summed E-state index contributed by atoms with van der Waals surface area (Å²) in [5.74, 6) is 6.66. The molecule has 3 aromatic heterocycles. The topological polar surface area (TPSA) is 38.9 Å². The van der Waals surface area contributed by atoms with Gasteiger partial charge in [-0.3, -0.25) is 0 Å². The zero-order chi connectivity index (χ0) is 39.0. The summed E-state index contributed by atoms with van der Waals surface area (Å²) in [7, 11) is 0. The van der Waals surface area contributed by atoms with E-state index >= 15 is 0 Å². The quantitative estimate of drug-likeness (QED) is 0.123.